The van der Waals surface area contributed by atoms with Crippen molar-refractivity contribution in [2.45, 2.75) is 20.3 Å². The zero-order valence-electron chi connectivity index (χ0n) is 10.1. The third-order valence-electron chi connectivity index (χ3n) is 2.53. The van der Waals surface area contributed by atoms with Gasteiger partial charge in [0.2, 0.25) is 0 Å². The van der Waals surface area contributed by atoms with Gasteiger partial charge in [-0.3, -0.25) is 9.59 Å². The molecular weight excluding hydrogens is 218 g/mol. The van der Waals surface area contributed by atoms with E-state index < -0.39 is 5.97 Å². The maximum atomic E-state index is 12.1. The van der Waals surface area contributed by atoms with E-state index in [0.29, 0.717) is 12.1 Å². The van der Waals surface area contributed by atoms with Crippen molar-refractivity contribution in [1.29, 1.82) is 0 Å². The third-order valence-corrected chi connectivity index (χ3v) is 2.53. The summed E-state index contributed by atoms with van der Waals surface area (Å²) >= 11 is 0. The first-order valence-corrected chi connectivity index (χ1v) is 5.62. The number of carbonyl (C=O) groups excluding carboxylic acids is 1. The number of hydrogen-bond donors (Lipinski definition) is 1. The number of rotatable bonds is 5. The van der Waals surface area contributed by atoms with E-state index in [-0.39, 0.29) is 18.9 Å². The Hall–Kier alpha value is -1.84. The van der Waals surface area contributed by atoms with Crippen LogP contribution in [0.25, 0.3) is 0 Å². The summed E-state index contributed by atoms with van der Waals surface area (Å²) in [5.41, 5.74) is 1.63. The molecule has 1 aromatic rings. The molecule has 1 amide bonds. The van der Waals surface area contributed by atoms with Gasteiger partial charge >= 0.3 is 5.97 Å². The molecule has 0 aromatic heterocycles. The van der Waals surface area contributed by atoms with Crippen LogP contribution < -0.4 is 0 Å². The number of amides is 1. The summed E-state index contributed by atoms with van der Waals surface area (Å²) in [6, 6.07) is 7.31. The lowest BCUT2D eigenvalue weighted by Gasteiger charge is -2.20. The van der Waals surface area contributed by atoms with Crippen molar-refractivity contribution in [3.8, 4) is 0 Å². The minimum atomic E-state index is -0.888. The van der Waals surface area contributed by atoms with Crippen molar-refractivity contribution in [3.63, 3.8) is 0 Å². The number of nitrogens with zero attached hydrogens (tertiary/aromatic N) is 1. The number of aryl methyl sites for hydroxylation is 1. The van der Waals surface area contributed by atoms with Crippen LogP contribution in [0.3, 0.4) is 0 Å². The highest BCUT2D eigenvalue weighted by Crippen LogP contribution is 2.08. The van der Waals surface area contributed by atoms with Crippen LogP contribution in [-0.4, -0.2) is 35.0 Å². The van der Waals surface area contributed by atoms with Crippen LogP contribution in [0.4, 0.5) is 0 Å². The number of hydrogen-bond acceptors (Lipinski definition) is 2. The molecule has 1 N–H and O–H groups in total. The fourth-order valence-corrected chi connectivity index (χ4v) is 1.59. The van der Waals surface area contributed by atoms with Gasteiger partial charge in [0.1, 0.15) is 0 Å². The fraction of sp³-hybridized carbons (Fsp3) is 0.385. The SMILES string of the molecule is CCN(CCC(=O)O)C(=O)c1cccc(C)c1. The van der Waals surface area contributed by atoms with Gasteiger partial charge in [-0.25, -0.2) is 0 Å². The molecular formula is C13H17NO3. The van der Waals surface area contributed by atoms with Crippen LogP contribution in [-0.2, 0) is 4.79 Å². The molecule has 92 valence electrons. The van der Waals surface area contributed by atoms with Gasteiger partial charge in [-0.1, -0.05) is 17.7 Å². The summed E-state index contributed by atoms with van der Waals surface area (Å²) in [5, 5.41) is 8.62. The highest BCUT2D eigenvalue weighted by Gasteiger charge is 2.14. The minimum Gasteiger partial charge on any atom is -0.481 e. The second kappa shape index (κ2) is 6.03. The fourth-order valence-electron chi connectivity index (χ4n) is 1.59. The standard InChI is InChI=1S/C13H17NO3/c1-3-14(8-7-12(15)16)13(17)11-6-4-5-10(2)9-11/h4-6,9H,3,7-8H2,1-2H3,(H,15,16). The predicted octanol–water partition coefficient (Wildman–Crippen LogP) is 1.93. The van der Waals surface area contributed by atoms with E-state index in [1.165, 1.54) is 0 Å². The van der Waals surface area contributed by atoms with Crippen molar-refractivity contribution in [2.75, 3.05) is 13.1 Å². The third kappa shape index (κ3) is 3.90. The molecule has 0 spiro atoms. The summed E-state index contributed by atoms with van der Waals surface area (Å²) in [6.07, 6.45) is -0.0224. The summed E-state index contributed by atoms with van der Waals surface area (Å²) < 4.78 is 0. The number of carboxylic acid groups (broad SMARTS) is 1. The summed E-state index contributed by atoms with van der Waals surface area (Å²) in [4.78, 5) is 24.1. The van der Waals surface area contributed by atoms with Crippen LogP contribution in [0.2, 0.25) is 0 Å². The Morgan fingerprint density at radius 2 is 2.06 bits per heavy atom. The topological polar surface area (TPSA) is 57.6 Å². The number of carboxylic acids is 1. The molecule has 0 bridgehead atoms. The van der Waals surface area contributed by atoms with Gasteiger partial charge in [-0.05, 0) is 26.0 Å². The maximum absolute atomic E-state index is 12.1. The van der Waals surface area contributed by atoms with Crippen molar-refractivity contribution >= 4 is 11.9 Å². The van der Waals surface area contributed by atoms with Gasteiger partial charge in [0.25, 0.3) is 5.91 Å². The molecule has 17 heavy (non-hydrogen) atoms. The number of aliphatic carboxylic acids is 1. The Labute approximate surface area is 101 Å². The summed E-state index contributed by atoms with van der Waals surface area (Å²) in [7, 11) is 0. The van der Waals surface area contributed by atoms with E-state index in [9.17, 15) is 9.59 Å². The first-order valence-electron chi connectivity index (χ1n) is 5.62. The molecule has 0 radical (unpaired) electrons. The smallest absolute Gasteiger partial charge is 0.305 e. The predicted molar refractivity (Wildman–Crippen MR) is 65.0 cm³/mol. The van der Waals surface area contributed by atoms with E-state index in [2.05, 4.69) is 0 Å². The van der Waals surface area contributed by atoms with Crippen LogP contribution in [0.15, 0.2) is 24.3 Å². The molecule has 1 aromatic carbocycles. The van der Waals surface area contributed by atoms with E-state index in [1.807, 2.05) is 32.0 Å². The number of carbonyl (C=O) groups is 2. The first kappa shape index (κ1) is 13.2. The highest BCUT2D eigenvalue weighted by atomic mass is 16.4. The average Bonchev–Trinajstić information content (AvgIpc) is 2.29. The second-order valence-corrected chi connectivity index (χ2v) is 3.90. The molecule has 0 unspecified atom stereocenters. The Morgan fingerprint density at radius 1 is 1.35 bits per heavy atom. The van der Waals surface area contributed by atoms with Gasteiger partial charge in [0, 0.05) is 18.7 Å². The molecule has 0 heterocycles. The molecule has 4 heteroatoms. The van der Waals surface area contributed by atoms with E-state index in [0.717, 1.165) is 5.56 Å². The largest absolute Gasteiger partial charge is 0.481 e. The Balaban J connectivity index is 2.75. The molecule has 0 saturated carbocycles. The molecule has 0 aliphatic carbocycles. The minimum absolute atomic E-state index is 0.0224. The Bertz CT molecular complexity index is 415. The molecule has 0 aliphatic rings. The summed E-state index contributed by atoms with van der Waals surface area (Å²) in [6.45, 7) is 4.53. The van der Waals surface area contributed by atoms with Crippen LogP contribution in [0, 0.1) is 6.92 Å². The second-order valence-electron chi connectivity index (χ2n) is 3.90. The molecule has 1 rings (SSSR count). The highest BCUT2D eigenvalue weighted by molar-refractivity contribution is 5.94. The lowest BCUT2D eigenvalue weighted by Crippen LogP contribution is -2.32. The molecule has 0 atom stereocenters. The van der Waals surface area contributed by atoms with Crippen LogP contribution >= 0.6 is 0 Å². The van der Waals surface area contributed by atoms with Crippen LogP contribution in [0.1, 0.15) is 29.3 Å². The van der Waals surface area contributed by atoms with Gasteiger partial charge in [-0.2, -0.15) is 0 Å². The number of benzene rings is 1. The first-order chi connectivity index (χ1) is 8.04. The van der Waals surface area contributed by atoms with Crippen molar-refractivity contribution in [1.82, 2.24) is 4.90 Å². The summed E-state index contributed by atoms with van der Waals surface area (Å²) in [5.74, 6) is -1.00. The molecule has 0 aliphatic heterocycles. The lowest BCUT2D eigenvalue weighted by atomic mass is 10.1. The van der Waals surface area contributed by atoms with Crippen molar-refractivity contribution in [3.05, 3.63) is 35.4 Å². The lowest BCUT2D eigenvalue weighted by molar-refractivity contribution is -0.137. The van der Waals surface area contributed by atoms with E-state index in [1.54, 1.807) is 11.0 Å². The molecule has 0 saturated heterocycles. The Kier molecular flexibility index (Phi) is 4.69. The van der Waals surface area contributed by atoms with E-state index >= 15 is 0 Å². The molecule has 0 fully saturated rings. The maximum Gasteiger partial charge on any atom is 0.305 e. The van der Waals surface area contributed by atoms with Gasteiger partial charge in [0.05, 0.1) is 6.42 Å². The Morgan fingerprint density at radius 3 is 2.59 bits per heavy atom. The van der Waals surface area contributed by atoms with Gasteiger partial charge in [0.15, 0.2) is 0 Å². The van der Waals surface area contributed by atoms with Crippen molar-refractivity contribution < 1.29 is 14.7 Å². The van der Waals surface area contributed by atoms with Gasteiger partial charge in [-0.15, -0.1) is 0 Å². The average molecular weight is 235 g/mol. The normalized spacial score (nSPS) is 10.0. The monoisotopic (exact) mass is 235 g/mol. The van der Waals surface area contributed by atoms with E-state index in [4.69, 9.17) is 5.11 Å². The van der Waals surface area contributed by atoms with Crippen LogP contribution in [0.5, 0.6) is 0 Å². The van der Waals surface area contributed by atoms with Crippen molar-refractivity contribution in [2.24, 2.45) is 0 Å². The quantitative estimate of drug-likeness (QED) is 0.848. The zero-order valence-corrected chi connectivity index (χ0v) is 10.1. The molecule has 4 nitrogen and oxygen atoms in total. The zero-order chi connectivity index (χ0) is 12.8. The van der Waals surface area contributed by atoms with Gasteiger partial charge < -0.3 is 10.0 Å².